The summed E-state index contributed by atoms with van der Waals surface area (Å²) in [6.45, 7) is 0. The number of nitrogens with zero attached hydrogens (tertiary/aromatic N) is 1. The maximum atomic E-state index is 13.6. The van der Waals surface area contributed by atoms with Crippen molar-refractivity contribution in [1.29, 1.82) is 0 Å². The summed E-state index contributed by atoms with van der Waals surface area (Å²) in [4.78, 5) is 30.6. The molecule has 1 fully saturated rings. The fourth-order valence-corrected chi connectivity index (χ4v) is 5.52. The van der Waals surface area contributed by atoms with Gasteiger partial charge < -0.3 is 10.1 Å². The molecule has 0 radical (unpaired) electrons. The first-order chi connectivity index (χ1) is 15.2. The van der Waals surface area contributed by atoms with Crippen LogP contribution in [0.15, 0.2) is 59.3 Å². The van der Waals surface area contributed by atoms with Crippen molar-refractivity contribution in [2.24, 2.45) is 0 Å². The number of anilines is 1. The van der Waals surface area contributed by atoms with Gasteiger partial charge in [-0.05, 0) is 47.9 Å². The molecule has 0 aliphatic heterocycles. The average Bonchev–Trinajstić information content (AvgIpc) is 3.55. The minimum atomic E-state index is -0.722. The number of ether oxygens (including phenoxy) is 1. The van der Waals surface area contributed by atoms with E-state index in [1.54, 1.807) is 23.3 Å². The van der Waals surface area contributed by atoms with E-state index in [-0.39, 0.29) is 24.3 Å². The number of rotatable bonds is 8. The van der Waals surface area contributed by atoms with Crippen LogP contribution in [0, 0.1) is 0 Å². The van der Waals surface area contributed by atoms with E-state index in [1.165, 1.54) is 11.3 Å². The van der Waals surface area contributed by atoms with Crippen LogP contribution in [0.3, 0.4) is 0 Å². The molecule has 1 aromatic carbocycles. The van der Waals surface area contributed by atoms with Gasteiger partial charge in [-0.1, -0.05) is 31.0 Å². The molecule has 5 nitrogen and oxygen atoms in total. The van der Waals surface area contributed by atoms with E-state index in [9.17, 15) is 9.59 Å². The van der Waals surface area contributed by atoms with Crippen molar-refractivity contribution < 1.29 is 14.3 Å². The van der Waals surface area contributed by atoms with E-state index in [1.807, 2.05) is 59.3 Å². The summed E-state index contributed by atoms with van der Waals surface area (Å²) < 4.78 is 5.40. The lowest BCUT2D eigenvalue weighted by Crippen LogP contribution is -2.46. The SMILES string of the molecule is COc1cccc(N(C(=O)Cc2cccs2)[C@H](C(=O)NC2CCCC2)c2cccs2)c1. The molecule has 1 aliphatic carbocycles. The van der Waals surface area contributed by atoms with Crippen LogP contribution in [0.2, 0.25) is 0 Å². The van der Waals surface area contributed by atoms with E-state index in [4.69, 9.17) is 4.74 Å². The van der Waals surface area contributed by atoms with E-state index < -0.39 is 6.04 Å². The lowest BCUT2D eigenvalue weighted by molar-refractivity contribution is -0.126. The fourth-order valence-electron chi connectivity index (χ4n) is 4.02. The number of hydrogen-bond acceptors (Lipinski definition) is 5. The van der Waals surface area contributed by atoms with E-state index in [0.717, 1.165) is 35.4 Å². The van der Waals surface area contributed by atoms with Crippen LogP contribution >= 0.6 is 22.7 Å². The first kappa shape index (κ1) is 21.6. The molecule has 2 amide bonds. The van der Waals surface area contributed by atoms with Crippen molar-refractivity contribution in [2.75, 3.05) is 12.0 Å². The Kier molecular flexibility index (Phi) is 7.04. The van der Waals surface area contributed by atoms with E-state index in [0.29, 0.717) is 11.4 Å². The number of benzene rings is 1. The second-order valence-corrected chi connectivity index (χ2v) is 9.64. The highest BCUT2D eigenvalue weighted by Crippen LogP contribution is 2.34. The molecule has 2 aromatic heterocycles. The van der Waals surface area contributed by atoms with Crippen molar-refractivity contribution in [3.8, 4) is 5.75 Å². The summed E-state index contributed by atoms with van der Waals surface area (Å²) in [6, 6.07) is 14.5. The third-order valence-electron chi connectivity index (χ3n) is 5.53. The maximum Gasteiger partial charge on any atom is 0.248 e. The Morgan fingerprint density at radius 3 is 2.55 bits per heavy atom. The number of amides is 2. The summed E-state index contributed by atoms with van der Waals surface area (Å²) >= 11 is 3.04. The molecular weight excluding hydrogens is 428 g/mol. The molecule has 0 bridgehead atoms. The van der Waals surface area contributed by atoms with E-state index in [2.05, 4.69) is 5.32 Å². The molecule has 3 aromatic rings. The number of carbonyl (C=O) groups excluding carboxylic acids is 2. The van der Waals surface area contributed by atoms with Gasteiger partial charge in [-0.15, -0.1) is 22.7 Å². The van der Waals surface area contributed by atoms with Crippen molar-refractivity contribution in [2.45, 2.75) is 44.2 Å². The van der Waals surface area contributed by atoms with Gasteiger partial charge in [0.05, 0.1) is 13.5 Å². The summed E-state index contributed by atoms with van der Waals surface area (Å²) in [5.74, 6) is 0.403. The zero-order valence-corrected chi connectivity index (χ0v) is 19.1. The van der Waals surface area contributed by atoms with Crippen LogP contribution in [-0.2, 0) is 16.0 Å². The summed E-state index contributed by atoms with van der Waals surface area (Å²) in [5, 5.41) is 7.11. The largest absolute Gasteiger partial charge is 0.497 e. The Hall–Kier alpha value is -2.64. The van der Waals surface area contributed by atoms with E-state index >= 15 is 0 Å². The number of thiophene rings is 2. The van der Waals surface area contributed by atoms with Crippen molar-refractivity contribution >= 4 is 40.2 Å². The quantitative estimate of drug-likeness (QED) is 0.509. The molecule has 31 heavy (non-hydrogen) atoms. The first-order valence-electron chi connectivity index (χ1n) is 10.5. The molecule has 1 N–H and O–H groups in total. The fraction of sp³-hybridized carbons (Fsp3) is 0.333. The first-order valence-corrected chi connectivity index (χ1v) is 12.2. The molecule has 1 atom stereocenters. The lowest BCUT2D eigenvalue weighted by atomic mass is 10.1. The second-order valence-electron chi connectivity index (χ2n) is 7.63. The van der Waals surface area contributed by atoms with Crippen LogP contribution < -0.4 is 15.0 Å². The van der Waals surface area contributed by atoms with Gasteiger partial charge in [0, 0.05) is 27.5 Å². The van der Waals surface area contributed by atoms with Crippen molar-refractivity contribution in [3.05, 3.63) is 69.0 Å². The number of carbonyl (C=O) groups is 2. The molecule has 0 saturated heterocycles. The molecular formula is C24H26N2O3S2. The lowest BCUT2D eigenvalue weighted by Gasteiger charge is -2.31. The predicted molar refractivity (Wildman–Crippen MR) is 126 cm³/mol. The predicted octanol–water partition coefficient (Wildman–Crippen LogP) is 5.19. The molecule has 0 unspecified atom stereocenters. The molecule has 1 saturated carbocycles. The smallest absolute Gasteiger partial charge is 0.248 e. The topological polar surface area (TPSA) is 58.6 Å². The third kappa shape index (κ3) is 5.17. The second kappa shape index (κ2) is 10.1. The van der Waals surface area contributed by atoms with Gasteiger partial charge in [0.1, 0.15) is 11.8 Å². The zero-order valence-electron chi connectivity index (χ0n) is 17.5. The molecule has 1 aliphatic rings. The van der Waals surface area contributed by atoms with Gasteiger partial charge in [-0.2, -0.15) is 0 Å². The Bertz CT molecular complexity index is 996. The highest BCUT2D eigenvalue weighted by Gasteiger charge is 2.35. The zero-order chi connectivity index (χ0) is 21.6. The summed E-state index contributed by atoms with van der Waals surface area (Å²) in [7, 11) is 1.60. The van der Waals surface area contributed by atoms with Gasteiger partial charge in [-0.25, -0.2) is 0 Å². The monoisotopic (exact) mass is 454 g/mol. The highest BCUT2D eigenvalue weighted by molar-refractivity contribution is 7.10. The minimum absolute atomic E-state index is 0.115. The Morgan fingerprint density at radius 1 is 1.10 bits per heavy atom. The molecule has 162 valence electrons. The standard InChI is InChI=1S/C24H26N2O3S2/c1-29-19-10-4-9-18(15-19)26(22(27)16-20-11-5-13-30-20)23(21-12-6-14-31-21)24(28)25-17-7-2-3-8-17/h4-6,9-15,17,23H,2-3,7-8,16H2,1H3,(H,25,28)/t23-/m0/s1. The van der Waals surface area contributed by atoms with Crippen LogP contribution in [-0.4, -0.2) is 25.0 Å². The van der Waals surface area contributed by atoms with Crippen molar-refractivity contribution in [3.63, 3.8) is 0 Å². The number of hydrogen-bond donors (Lipinski definition) is 1. The van der Waals surface area contributed by atoms with Crippen LogP contribution in [0.1, 0.15) is 41.5 Å². The summed E-state index contributed by atoms with van der Waals surface area (Å²) in [5.41, 5.74) is 0.654. The van der Waals surface area contributed by atoms with Gasteiger partial charge in [-0.3, -0.25) is 14.5 Å². The molecule has 7 heteroatoms. The Morgan fingerprint density at radius 2 is 1.87 bits per heavy atom. The molecule has 4 rings (SSSR count). The van der Waals surface area contributed by atoms with Gasteiger partial charge in [0.15, 0.2) is 0 Å². The molecule has 2 heterocycles. The maximum absolute atomic E-state index is 13.6. The molecule has 0 spiro atoms. The van der Waals surface area contributed by atoms with Gasteiger partial charge >= 0.3 is 0 Å². The Balaban J connectivity index is 1.72. The van der Waals surface area contributed by atoms with Crippen molar-refractivity contribution in [1.82, 2.24) is 5.32 Å². The van der Waals surface area contributed by atoms with Crippen LogP contribution in [0.5, 0.6) is 5.75 Å². The highest BCUT2D eigenvalue weighted by atomic mass is 32.1. The normalized spacial score (nSPS) is 14.9. The number of nitrogens with one attached hydrogen (secondary N) is 1. The third-order valence-corrected chi connectivity index (χ3v) is 7.33. The average molecular weight is 455 g/mol. The Labute approximate surface area is 190 Å². The van der Waals surface area contributed by atoms with Gasteiger partial charge in [0.25, 0.3) is 0 Å². The van der Waals surface area contributed by atoms with Crippen LogP contribution in [0.4, 0.5) is 5.69 Å². The minimum Gasteiger partial charge on any atom is -0.497 e. The summed E-state index contributed by atoms with van der Waals surface area (Å²) in [6.07, 6.45) is 4.49. The van der Waals surface area contributed by atoms with Crippen LogP contribution in [0.25, 0.3) is 0 Å². The number of methoxy groups -OCH3 is 1. The van der Waals surface area contributed by atoms with Gasteiger partial charge in [0.2, 0.25) is 11.8 Å².